The minimum absolute atomic E-state index is 0.159. The molecule has 0 amide bonds. The fraction of sp³-hybridized carbons (Fsp3) is 0.467. The van der Waals surface area contributed by atoms with Crippen molar-refractivity contribution in [3.8, 4) is 0 Å². The van der Waals surface area contributed by atoms with E-state index in [0.29, 0.717) is 38.0 Å². The van der Waals surface area contributed by atoms with Crippen molar-refractivity contribution in [3.05, 3.63) is 47.2 Å². The molecule has 0 radical (unpaired) electrons. The number of ether oxygens (including phenoxy) is 1. The third-order valence-corrected chi connectivity index (χ3v) is 3.69. The summed E-state index contributed by atoms with van der Waals surface area (Å²) in [6.07, 6.45) is -5.03. The van der Waals surface area contributed by atoms with Crippen LogP contribution in [0.25, 0.3) is 0 Å². The van der Waals surface area contributed by atoms with Crippen LogP contribution in [0.2, 0.25) is 0 Å². The van der Waals surface area contributed by atoms with E-state index in [1.54, 1.807) is 13.0 Å². The molecule has 5 nitrogen and oxygen atoms in total. The lowest BCUT2D eigenvalue weighted by atomic mass is 10.0. The van der Waals surface area contributed by atoms with Crippen LogP contribution >= 0.6 is 0 Å². The maximum atomic E-state index is 13.1. The Balaban J connectivity index is 1.76. The summed E-state index contributed by atoms with van der Waals surface area (Å²) in [6, 6.07) is 5.52. The van der Waals surface area contributed by atoms with Crippen LogP contribution in [0.5, 0.6) is 0 Å². The van der Waals surface area contributed by atoms with Crippen molar-refractivity contribution in [3.63, 3.8) is 0 Å². The lowest BCUT2D eigenvalue weighted by molar-refractivity contribution is -0.140. The zero-order chi connectivity index (χ0) is 16.4. The molecule has 0 aliphatic carbocycles. The molecule has 0 saturated carbocycles. The molecular weight excluding hydrogens is 311 g/mol. The highest BCUT2D eigenvalue weighted by atomic mass is 19.4. The Kier molecular flexibility index (Phi) is 4.36. The highest BCUT2D eigenvalue weighted by molar-refractivity contribution is 5.32. The van der Waals surface area contributed by atoms with Gasteiger partial charge in [0.05, 0.1) is 24.8 Å². The summed E-state index contributed by atoms with van der Waals surface area (Å²) in [5, 5.41) is 7.67. The van der Waals surface area contributed by atoms with Crippen molar-refractivity contribution in [1.82, 2.24) is 15.1 Å². The van der Waals surface area contributed by atoms with Gasteiger partial charge in [-0.1, -0.05) is 18.2 Å². The van der Waals surface area contributed by atoms with Crippen LogP contribution in [0.3, 0.4) is 0 Å². The van der Waals surface area contributed by atoms with Gasteiger partial charge in [-0.05, 0) is 11.6 Å². The SMILES string of the molecule is Cc1nnc(CN2CCO[C@@H](c3ccccc3C(F)(F)F)C2)o1. The first-order chi connectivity index (χ1) is 10.9. The maximum Gasteiger partial charge on any atom is 0.416 e. The molecule has 0 spiro atoms. The largest absolute Gasteiger partial charge is 0.424 e. The van der Waals surface area contributed by atoms with Crippen molar-refractivity contribution in [2.75, 3.05) is 19.7 Å². The molecular formula is C15H16F3N3O2. The molecule has 2 heterocycles. The van der Waals surface area contributed by atoms with Gasteiger partial charge < -0.3 is 9.15 Å². The number of hydrogen-bond acceptors (Lipinski definition) is 5. The van der Waals surface area contributed by atoms with E-state index >= 15 is 0 Å². The smallest absolute Gasteiger partial charge is 0.416 e. The average molecular weight is 327 g/mol. The van der Waals surface area contributed by atoms with Gasteiger partial charge in [0.1, 0.15) is 0 Å². The third-order valence-electron chi connectivity index (χ3n) is 3.69. The van der Waals surface area contributed by atoms with Gasteiger partial charge in [-0.2, -0.15) is 13.2 Å². The highest BCUT2D eigenvalue weighted by Gasteiger charge is 2.36. The summed E-state index contributed by atoms with van der Waals surface area (Å²) in [5.41, 5.74) is -0.494. The fourth-order valence-corrected chi connectivity index (χ4v) is 2.66. The van der Waals surface area contributed by atoms with E-state index in [2.05, 4.69) is 10.2 Å². The lowest BCUT2D eigenvalue weighted by Gasteiger charge is -2.33. The minimum atomic E-state index is -4.40. The molecule has 0 bridgehead atoms. The Labute approximate surface area is 131 Å². The topological polar surface area (TPSA) is 51.4 Å². The van der Waals surface area contributed by atoms with Crippen molar-refractivity contribution in [1.29, 1.82) is 0 Å². The van der Waals surface area contributed by atoms with Crippen LogP contribution in [0.4, 0.5) is 13.2 Å². The van der Waals surface area contributed by atoms with Crippen molar-refractivity contribution >= 4 is 0 Å². The number of morpholine rings is 1. The first-order valence-corrected chi connectivity index (χ1v) is 7.22. The van der Waals surface area contributed by atoms with E-state index in [-0.39, 0.29) is 5.56 Å². The van der Waals surface area contributed by atoms with E-state index < -0.39 is 17.8 Å². The first kappa shape index (κ1) is 15.9. The maximum absolute atomic E-state index is 13.1. The second kappa shape index (κ2) is 6.29. The fourth-order valence-electron chi connectivity index (χ4n) is 2.66. The Morgan fingerprint density at radius 2 is 2.04 bits per heavy atom. The van der Waals surface area contributed by atoms with Gasteiger partial charge in [-0.25, -0.2) is 0 Å². The van der Waals surface area contributed by atoms with Gasteiger partial charge in [0.25, 0.3) is 0 Å². The summed E-state index contributed by atoms with van der Waals surface area (Å²) < 4.78 is 50.3. The molecule has 1 fully saturated rings. The molecule has 1 aliphatic rings. The molecule has 2 aromatic rings. The van der Waals surface area contributed by atoms with Crippen LogP contribution in [0.1, 0.15) is 29.0 Å². The Bertz CT molecular complexity index is 672. The molecule has 1 aromatic carbocycles. The summed E-state index contributed by atoms with van der Waals surface area (Å²) in [6.45, 7) is 3.39. The number of aryl methyl sites for hydroxylation is 1. The highest BCUT2D eigenvalue weighted by Crippen LogP contribution is 2.36. The van der Waals surface area contributed by atoms with Gasteiger partial charge in [0.2, 0.25) is 11.8 Å². The monoisotopic (exact) mass is 327 g/mol. The van der Waals surface area contributed by atoms with E-state index in [1.807, 2.05) is 4.90 Å². The summed E-state index contributed by atoms with van der Waals surface area (Å²) in [7, 11) is 0. The predicted octanol–water partition coefficient (Wildman–Crippen LogP) is 2.97. The number of alkyl halides is 3. The second-order valence-electron chi connectivity index (χ2n) is 5.39. The molecule has 23 heavy (non-hydrogen) atoms. The molecule has 0 N–H and O–H groups in total. The summed E-state index contributed by atoms with van der Waals surface area (Å²) in [5.74, 6) is 0.916. The molecule has 0 unspecified atom stereocenters. The zero-order valence-corrected chi connectivity index (χ0v) is 12.5. The van der Waals surface area contributed by atoms with Crippen LogP contribution in [0.15, 0.2) is 28.7 Å². The van der Waals surface area contributed by atoms with E-state index in [1.165, 1.54) is 12.1 Å². The number of aromatic nitrogens is 2. The Morgan fingerprint density at radius 3 is 2.74 bits per heavy atom. The van der Waals surface area contributed by atoms with Gasteiger partial charge >= 0.3 is 6.18 Å². The number of benzene rings is 1. The molecule has 1 aromatic heterocycles. The van der Waals surface area contributed by atoms with Crippen molar-refractivity contribution in [2.24, 2.45) is 0 Å². The normalized spacial score (nSPS) is 19.9. The summed E-state index contributed by atoms with van der Waals surface area (Å²) in [4.78, 5) is 1.95. The number of nitrogens with zero attached hydrogens (tertiary/aromatic N) is 3. The van der Waals surface area contributed by atoms with Crippen LogP contribution < -0.4 is 0 Å². The van der Waals surface area contributed by atoms with E-state index in [4.69, 9.17) is 9.15 Å². The van der Waals surface area contributed by atoms with Crippen LogP contribution in [-0.4, -0.2) is 34.8 Å². The second-order valence-corrected chi connectivity index (χ2v) is 5.39. The van der Waals surface area contributed by atoms with Gasteiger partial charge in [-0.3, -0.25) is 4.90 Å². The van der Waals surface area contributed by atoms with Crippen LogP contribution in [-0.2, 0) is 17.5 Å². The number of halogens is 3. The first-order valence-electron chi connectivity index (χ1n) is 7.22. The Hall–Kier alpha value is -1.93. The molecule has 1 aliphatic heterocycles. The predicted molar refractivity (Wildman–Crippen MR) is 74.4 cm³/mol. The molecule has 1 saturated heterocycles. The number of hydrogen-bond donors (Lipinski definition) is 0. The standard InChI is InChI=1S/C15H16F3N3O2/c1-10-19-20-14(23-10)9-21-6-7-22-13(8-21)11-4-2-3-5-12(11)15(16,17)18/h2-5,13H,6-9H2,1H3/t13-/m1/s1. The Morgan fingerprint density at radius 1 is 1.26 bits per heavy atom. The zero-order valence-electron chi connectivity index (χ0n) is 12.5. The number of rotatable bonds is 3. The molecule has 8 heteroatoms. The average Bonchev–Trinajstić information content (AvgIpc) is 2.92. The van der Waals surface area contributed by atoms with Crippen LogP contribution in [0, 0.1) is 6.92 Å². The quantitative estimate of drug-likeness (QED) is 0.867. The van der Waals surface area contributed by atoms with E-state index in [9.17, 15) is 13.2 Å². The summed E-state index contributed by atoms with van der Waals surface area (Å²) >= 11 is 0. The van der Waals surface area contributed by atoms with E-state index in [0.717, 1.165) is 6.07 Å². The third kappa shape index (κ3) is 3.70. The molecule has 124 valence electrons. The van der Waals surface area contributed by atoms with Crippen molar-refractivity contribution in [2.45, 2.75) is 25.7 Å². The van der Waals surface area contributed by atoms with Gasteiger partial charge in [0, 0.05) is 20.0 Å². The molecule has 1 atom stereocenters. The van der Waals surface area contributed by atoms with Gasteiger partial charge in [-0.15, -0.1) is 10.2 Å². The minimum Gasteiger partial charge on any atom is -0.424 e. The lowest BCUT2D eigenvalue weighted by Crippen LogP contribution is -2.38. The van der Waals surface area contributed by atoms with Crippen molar-refractivity contribution < 1.29 is 22.3 Å². The molecule has 3 rings (SSSR count). The van der Waals surface area contributed by atoms with Gasteiger partial charge in [0.15, 0.2) is 0 Å².